The standard InChI is InChI=1S/C13H19N3O2S/c1-3-8-15(10-11(2)19)14-9-12-4-6-13(7-5-12)16(17)18/h4-7,9,11,19H,3,8,10H2,1-2H3/b14-9+. The van der Waals surface area contributed by atoms with Crippen LogP contribution in [0.5, 0.6) is 0 Å². The lowest BCUT2D eigenvalue weighted by atomic mass is 10.2. The van der Waals surface area contributed by atoms with Crippen molar-refractivity contribution in [2.45, 2.75) is 25.5 Å². The summed E-state index contributed by atoms with van der Waals surface area (Å²) in [6.07, 6.45) is 2.73. The molecule has 1 atom stereocenters. The van der Waals surface area contributed by atoms with E-state index in [-0.39, 0.29) is 10.9 Å². The van der Waals surface area contributed by atoms with Crippen LogP contribution in [0.3, 0.4) is 0 Å². The fourth-order valence-corrected chi connectivity index (χ4v) is 1.78. The first-order chi connectivity index (χ1) is 9.02. The van der Waals surface area contributed by atoms with E-state index in [0.29, 0.717) is 0 Å². The maximum atomic E-state index is 10.5. The summed E-state index contributed by atoms with van der Waals surface area (Å²) in [5.74, 6) is 0. The zero-order chi connectivity index (χ0) is 14.3. The number of non-ortho nitro benzene ring substituents is 1. The highest BCUT2D eigenvalue weighted by atomic mass is 32.1. The molecule has 0 heterocycles. The van der Waals surface area contributed by atoms with E-state index >= 15 is 0 Å². The number of thiol groups is 1. The van der Waals surface area contributed by atoms with E-state index in [4.69, 9.17) is 0 Å². The van der Waals surface area contributed by atoms with Gasteiger partial charge in [0.2, 0.25) is 0 Å². The molecular formula is C13H19N3O2S. The molecule has 0 spiro atoms. The van der Waals surface area contributed by atoms with E-state index in [2.05, 4.69) is 24.7 Å². The fourth-order valence-electron chi connectivity index (χ4n) is 1.59. The van der Waals surface area contributed by atoms with Gasteiger partial charge in [0.05, 0.1) is 11.1 Å². The molecule has 0 N–H and O–H groups in total. The van der Waals surface area contributed by atoms with Gasteiger partial charge in [-0.15, -0.1) is 0 Å². The van der Waals surface area contributed by atoms with Gasteiger partial charge in [0.25, 0.3) is 5.69 Å². The molecule has 0 radical (unpaired) electrons. The molecule has 0 bridgehead atoms. The Hall–Kier alpha value is -1.56. The zero-order valence-electron chi connectivity index (χ0n) is 11.2. The molecule has 1 aromatic carbocycles. The van der Waals surface area contributed by atoms with Gasteiger partial charge < -0.3 is 0 Å². The van der Waals surface area contributed by atoms with Gasteiger partial charge in [-0.25, -0.2) is 0 Å². The van der Waals surface area contributed by atoms with Crippen molar-refractivity contribution >= 4 is 24.5 Å². The first-order valence-corrected chi connectivity index (χ1v) is 6.76. The Kier molecular flexibility index (Phi) is 6.35. The van der Waals surface area contributed by atoms with E-state index in [1.165, 1.54) is 12.1 Å². The number of benzene rings is 1. The van der Waals surface area contributed by atoms with Crippen LogP contribution in [0.2, 0.25) is 0 Å². The molecule has 0 saturated carbocycles. The summed E-state index contributed by atoms with van der Waals surface area (Å²) in [7, 11) is 0. The molecule has 0 aromatic heterocycles. The maximum Gasteiger partial charge on any atom is 0.269 e. The van der Waals surface area contributed by atoms with Crippen molar-refractivity contribution in [3.63, 3.8) is 0 Å². The molecule has 0 aliphatic heterocycles. The Bertz CT molecular complexity index is 432. The first-order valence-electron chi connectivity index (χ1n) is 6.24. The van der Waals surface area contributed by atoms with Crippen molar-refractivity contribution in [1.82, 2.24) is 5.01 Å². The highest BCUT2D eigenvalue weighted by Gasteiger charge is 2.04. The minimum atomic E-state index is -0.410. The van der Waals surface area contributed by atoms with E-state index < -0.39 is 4.92 Å². The molecular weight excluding hydrogens is 262 g/mol. The summed E-state index contributed by atoms with van der Waals surface area (Å²) in [5.41, 5.74) is 0.935. The fraction of sp³-hybridized carbons (Fsp3) is 0.462. The Morgan fingerprint density at radius 1 is 1.47 bits per heavy atom. The van der Waals surface area contributed by atoms with E-state index in [1.807, 2.05) is 11.9 Å². The normalized spacial score (nSPS) is 12.6. The average molecular weight is 281 g/mol. The Morgan fingerprint density at radius 3 is 2.58 bits per heavy atom. The molecule has 1 rings (SSSR count). The summed E-state index contributed by atoms with van der Waals surface area (Å²) in [6.45, 7) is 5.76. The summed E-state index contributed by atoms with van der Waals surface area (Å²) < 4.78 is 0. The van der Waals surface area contributed by atoms with E-state index in [1.54, 1.807) is 18.3 Å². The van der Waals surface area contributed by atoms with Crippen molar-refractivity contribution in [2.75, 3.05) is 13.1 Å². The third-order valence-electron chi connectivity index (χ3n) is 2.43. The number of hydrogen-bond donors (Lipinski definition) is 1. The van der Waals surface area contributed by atoms with Crippen LogP contribution < -0.4 is 0 Å². The van der Waals surface area contributed by atoms with Crippen molar-refractivity contribution in [1.29, 1.82) is 0 Å². The molecule has 6 heteroatoms. The highest BCUT2D eigenvalue weighted by Crippen LogP contribution is 2.11. The summed E-state index contributed by atoms with van der Waals surface area (Å²) in [6, 6.07) is 6.34. The van der Waals surface area contributed by atoms with Crippen molar-refractivity contribution in [2.24, 2.45) is 5.10 Å². The van der Waals surface area contributed by atoms with E-state index in [9.17, 15) is 10.1 Å². The largest absolute Gasteiger partial charge is 0.296 e. The van der Waals surface area contributed by atoms with Gasteiger partial charge in [-0.05, 0) is 24.1 Å². The van der Waals surface area contributed by atoms with Gasteiger partial charge in [-0.2, -0.15) is 17.7 Å². The molecule has 0 aliphatic rings. The van der Waals surface area contributed by atoms with Crippen LogP contribution in [0, 0.1) is 10.1 Å². The Balaban J connectivity index is 2.69. The maximum absolute atomic E-state index is 10.5. The SMILES string of the molecule is CCCN(CC(C)S)/N=C/c1ccc([N+](=O)[O-])cc1. The van der Waals surface area contributed by atoms with Gasteiger partial charge in [0, 0.05) is 30.5 Å². The number of hydrogen-bond acceptors (Lipinski definition) is 5. The number of nitro groups is 1. The molecule has 19 heavy (non-hydrogen) atoms. The average Bonchev–Trinajstić information content (AvgIpc) is 2.36. The predicted octanol–water partition coefficient (Wildman–Crippen LogP) is 2.96. The van der Waals surface area contributed by atoms with Crippen LogP contribution in [0.4, 0.5) is 5.69 Å². The molecule has 5 nitrogen and oxygen atoms in total. The first kappa shape index (κ1) is 15.5. The molecule has 1 aromatic rings. The third-order valence-corrected chi connectivity index (χ3v) is 2.59. The lowest BCUT2D eigenvalue weighted by Gasteiger charge is -2.19. The van der Waals surface area contributed by atoms with E-state index in [0.717, 1.165) is 25.1 Å². The lowest BCUT2D eigenvalue weighted by molar-refractivity contribution is -0.384. The summed E-state index contributed by atoms with van der Waals surface area (Å²) >= 11 is 4.36. The zero-order valence-corrected chi connectivity index (χ0v) is 12.1. The van der Waals surface area contributed by atoms with Gasteiger partial charge in [0.1, 0.15) is 0 Å². The second-order valence-corrected chi connectivity index (χ2v) is 5.24. The second kappa shape index (κ2) is 7.78. The highest BCUT2D eigenvalue weighted by molar-refractivity contribution is 7.80. The quantitative estimate of drug-likeness (QED) is 0.362. The molecule has 104 valence electrons. The molecule has 0 amide bonds. The van der Waals surface area contributed by atoms with Crippen LogP contribution in [-0.2, 0) is 0 Å². The Labute approximate surface area is 118 Å². The van der Waals surface area contributed by atoms with Crippen LogP contribution in [0.15, 0.2) is 29.4 Å². The van der Waals surface area contributed by atoms with Crippen LogP contribution >= 0.6 is 12.6 Å². The number of hydrazone groups is 1. The summed E-state index contributed by atoms with van der Waals surface area (Å²) in [5, 5.41) is 17.1. The smallest absolute Gasteiger partial charge is 0.269 e. The molecule has 1 unspecified atom stereocenters. The van der Waals surface area contributed by atoms with Crippen molar-refractivity contribution in [3.05, 3.63) is 39.9 Å². The van der Waals surface area contributed by atoms with Gasteiger partial charge in [0.15, 0.2) is 0 Å². The van der Waals surface area contributed by atoms with Crippen molar-refractivity contribution < 1.29 is 4.92 Å². The molecule has 0 aliphatic carbocycles. The third kappa shape index (κ3) is 5.74. The predicted molar refractivity (Wildman–Crippen MR) is 81.0 cm³/mol. The van der Waals surface area contributed by atoms with Crippen LogP contribution in [0.25, 0.3) is 0 Å². The Morgan fingerprint density at radius 2 is 2.11 bits per heavy atom. The number of nitrogens with zero attached hydrogens (tertiary/aromatic N) is 3. The minimum absolute atomic E-state index is 0.0894. The van der Waals surface area contributed by atoms with Crippen LogP contribution in [0.1, 0.15) is 25.8 Å². The lowest BCUT2D eigenvalue weighted by Crippen LogP contribution is -2.25. The van der Waals surface area contributed by atoms with Gasteiger partial charge in [-0.3, -0.25) is 15.1 Å². The molecule has 0 fully saturated rings. The minimum Gasteiger partial charge on any atom is -0.296 e. The molecule has 0 saturated heterocycles. The number of nitro benzene ring substituents is 1. The monoisotopic (exact) mass is 281 g/mol. The summed E-state index contributed by atoms with van der Waals surface area (Å²) in [4.78, 5) is 10.1. The van der Waals surface area contributed by atoms with Gasteiger partial charge >= 0.3 is 0 Å². The van der Waals surface area contributed by atoms with Crippen LogP contribution in [-0.4, -0.2) is 34.5 Å². The topological polar surface area (TPSA) is 58.7 Å². The number of rotatable bonds is 7. The van der Waals surface area contributed by atoms with Crippen molar-refractivity contribution in [3.8, 4) is 0 Å². The van der Waals surface area contributed by atoms with Gasteiger partial charge in [-0.1, -0.05) is 13.8 Å². The second-order valence-electron chi connectivity index (χ2n) is 4.35.